The lowest BCUT2D eigenvalue weighted by Gasteiger charge is -2.14. The van der Waals surface area contributed by atoms with Crippen LogP contribution in [-0.4, -0.2) is 22.3 Å². The lowest BCUT2D eigenvalue weighted by molar-refractivity contribution is -0.137. The average molecular weight is 453 g/mol. The molecule has 0 saturated heterocycles. The summed E-state index contributed by atoms with van der Waals surface area (Å²) < 4.78 is 69.6. The number of amides is 1. The number of hydrogen-bond acceptors (Lipinski definition) is 4. The van der Waals surface area contributed by atoms with Gasteiger partial charge in [0.25, 0.3) is 5.91 Å². The highest BCUT2D eigenvalue weighted by Crippen LogP contribution is 2.30. The number of hydrogen-bond donors (Lipinski definition) is 1. The molecule has 0 radical (unpaired) electrons. The summed E-state index contributed by atoms with van der Waals surface area (Å²) in [7, 11) is 0. The Kier molecular flexibility index (Phi) is 6.56. The number of carbonyl (C=O) groups excluding carboxylic acids is 1. The second-order valence-electron chi connectivity index (χ2n) is 6.63. The number of ether oxygens (including phenoxy) is 1. The van der Waals surface area contributed by atoms with Gasteiger partial charge in [-0.1, -0.05) is 24.3 Å². The summed E-state index contributed by atoms with van der Waals surface area (Å²) in [4.78, 5) is 24.8. The SMILES string of the molecule is Cc1cc(=O)c(C(=O)NCc2ccccc2OC(F)F)nn1-c1cccc(C(F)(F)F)c1. The van der Waals surface area contributed by atoms with Crippen molar-refractivity contribution in [2.75, 3.05) is 0 Å². The fourth-order valence-electron chi connectivity index (χ4n) is 2.90. The first kappa shape index (κ1) is 22.9. The Morgan fingerprint density at radius 3 is 2.53 bits per heavy atom. The van der Waals surface area contributed by atoms with Gasteiger partial charge in [-0.3, -0.25) is 9.59 Å². The van der Waals surface area contributed by atoms with Crippen LogP contribution < -0.4 is 15.5 Å². The predicted octanol–water partition coefficient (Wildman–Crippen LogP) is 4.09. The Balaban J connectivity index is 1.89. The Morgan fingerprint density at radius 1 is 1.12 bits per heavy atom. The lowest BCUT2D eigenvalue weighted by atomic mass is 10.2. The minimum Gasteiger partial charge on any atom is -0.434 e. The lowest BCUT2D eigenvalue weighted by Crippen LogP contribution is -2.31. The van der Waals surface area contributed by atoms with E-state index in [1.54, 1.807) is 6.07 Å². The number of aromatic nitrogens is 2. The normalized spacial score (nSPS) is 11.5. The molecule has 0 atom stereocenters. The number of nitrogens with zero attached hydrogens (tertiary/aromatic N) is 2. The maximum Gasteiger partial charge on any atom is 0.416 e. The Bertz CT molecular complexity index is 1190. The molecule has 168 valence electrons. The molecule has 0 aliphatic heterocycles. The van der Waals surface area contributed by atoms with E-state index in [0.29, 0.717) is 0 Å². The van der Waals surface area contributed by atoms with Gasteiger partial charge in [0.15, 0.2) is 5.69 Å². The van der Waals surface area contributed by atoms with Crippen LogP contribution in [0.25, 0.3) is 5.69 Å². The molecule has 3 aromatic rings. The van der Waals surface area contributed by atoms with Gasteiger partial charge in [-0.05, 0) is 31.2 Å². The van der Waals surface area contributed by atoms with Gasteiger partial charge in [-0.15, -0.1) is 0 Å². The van der Waals surface area contributed by atoms with E-state index in [4.69, 9.17) is 0 Å². The molecule has 6 nitrogen and oxygen atoms in total. The molecule has 0 aliphatic carbocycles. The quantitative estimate of drug-likeness (QED) is 0.571. The minimum atomic E-state index is -4.59. The van der Waals surface area contributed by atoms with E-state index in [2.05, 4.69) is 15.2 Å². The van der Waals surface area contributed by atoms with E-state index >= 15 is 0 Å². The first-order chi connectivity index (χ1) is 15.1. The second-order valence-corrected chi connectivity index (χ2v) is 6.63. The fourth-order valence-corrected chi connectivity index (χ4v) is 2.90. The molecule has 11 heteroatoms. The van der Waals surface area contributed by atoms with Gasteiger partial charge in [-0.25, -0.2) is 4.68 Å². The zero-order valence-electron chi connectivity index (χ0n) is 16.5. The number of para-hydroxylation sites is 1. The molecule has 0 aliphatic rings. The van der Waals surface area contributed by atoms with Gasteiger partial charge >= 0.3 is 12.8 Å². The highest BCUT2D eigenvalue weighted by Gasteiger charge is 2.30. The van der Waals surface area contributed by atoms with Crippen LogP contribution >= 0.6 is 0 Å². The Morgan fingerprint density at radius 2 is 1.84 bits per heavy atom. The molecular weight excluding hydrogens is 437 g/mol. The molecule has 32 heavy (non-hydrogen) atoms. The van der Waals surface area contributed by atoms with Crippen molar-refractivity contribution in [3.8, 4) is 11.4 Å². The van der Waals surface area contributed by atoms with Crippen molar-refractivity contribution in [1.82, 2.24) is 15.1 Å². The van der Waals surface area contributed by atoms with Gasteiger partial charge in [0.2, 0.25) is 5.43 Å². The van der Waals surface area contributed by atoms with Gasteiger partial charge in [-0.2, -0.15) is 27.1 Å². The van der Waals surface area contributed by atoms with Crippen LogP contribution in [0.1, 0.15) is 27.3 Å². The van der Waals surface area contributed by atoms with E-state index in [1.807, 2.05) is 0 Å². The van der Waals surface area contributed by atoms with Crippen LogP contribution in [0.3, 0.4) is 0 Å². The third-order valence-electron chi connectivity index (χ3n) is 4.37. The summed E-state index contributed by atoms with van der Waals surface area (Å²) in [5.74, 6) is -1.08. The highest BCUT2D eigenvalue weighted by atomic mass is 19.4. The molecule has 0 spiro atoms. The topological polar surface area (TPSA) is 73.2 Å². The molecular formula is C21H16F5N3O3. The average Bonchev–Trinajstić information content (AvgIpc) is 2.72. The smallest absolute Gasteiger partial charge is 0.416 e. The number of benzene rings is 2. The third kappa shape index (κ3) is 5.29. The predicted molar refractivity (Wildman–Crippen MR) is 104 cm³/mol. The number of halogens is 5. The summed E-state index contributed by atoms with van der Waals surface area (Å²) in [6, 6.07) is 11.1. The molecule has 1 amide bonds. The molecule has 1 aromatic heterocycles. The van der Waals surface area contributed by atoms with Gasteiger partial charge in [0.05, 0.1) is 11.3 Å². The Hall–Kier alpha value is -3.76. The maximum atomic E-state index is 13.0. The van der Waals surface area contributed by atoms with E-state index in [9.17, 15) is 31.5 Å². The second kappa shape index (κ2) is 9.16. The maximum absolute atomic E-state index is 13.0. The molecule has 0 unspecified atom stereocenters. The number of nitrogens with one attached hydrogen (secondary N) is 1. The summed E-state index contributed by atoms with van der Waals surface area (Å²) in [6.07, 6.45) is -4.59. The largest absolute Gasteiger partial charge is 0.434 e. The van der Waals surface area contributed by atoms with E-state index in [-0.39, 0.29) is 29.2 Å². The zero-order valence-corrected chi connectivity index (χ0v) is 16.5. The number of rotatable bonds is 6. The fraction of sp³-hybridized carbons (Fsp3) is 0.190. The van der Waals surface area contributed by atoms with Crippen molar-refractivity contribution in [2.45, 2.75) is 26.3 Å². The van der Waals surface area contributed by atoms with Crippen molar-refractivity contribution in [3.63, 3.8) is 0 Å². The van der Waals surface area contributed by atoms with Crippen LogP contribution in [0.2, 0.25) is 0 Å². The standard InChI is InChI=1S/C21H16F5N3O3/c1-12-9-16(30)18(28-29(12)15-7-4-6-14(10-15)21(24,25)26)19(31)27-11-13-5-2-3-8-17(13)32-20(22)23/h2-10,20H,11H2,1H3,(H,27,31). The number of alkyl halides is 5. The summed E-state index contributed by atoms with van der Waals surface area (Å²) in [5, 5.41) is 6.31. The first-order valence-corrected chi connectivity index (χ1v) is 9.16. The van der Waals surface area contributed by atoms with Crippen LogP contribution in [0.5, 0.6) is 5.75 Å². The van der Waals surface area contributed by atoms with Gasteiger partial charge in [0, 0.05) is 23.9 Å². The monoisotopic (exact) mass is 453 g/mol. The Labute approximate surface area is 178 Å². The van der Waals surface area contributed by atoms with Crippen LogP contribution in [-0.2, 0) is 12.7 Å². The number of aryl methyl sites for hydroxylation is 1. The van der Waals surface area contributed by atoms with Crippen molar-refractivity contribution in [2.24, 2.45) is 0 Å². The van der Waals surface area contributed by atoms with Gasteiger partial charge < -0.3 is 10.1 Å². The summed E-state index contributed by atoms with van der Waals surface area (Å²) in [6.45, 7) is -1.86. The van der Waals surface area contributed by atoms with E-state index in [0.717, 1.165) is 22.9 Å². The summed E-state index contributed by atoms with van der Waals surface area (Å²) >= 11 is 0. The van der Waals surface area contributed by atoms with Crippen LogP contribution in [0.15, 0.2) is 59.4 Å². The van der Waals surface area contributed by atoms with Crippen molar-refractivity contribution < 1.29 is 31.5 Å². The van der Waals surface area contributed by atoms with Crippen LogP contribution in [0.4, 0.5) is 22.0 Å². The molecule has 0 fully saturated rings. The molecule has 1 heterocycles. The zero-order chi connectivity index (χ0) is 23.5. The molecule has 0 saturated carbocycles. The molecule has 0 bridgehead atoms. The third-order valence-corrected chi connectivity index (χ3v) is 4.37. The number of carbonyl (C=O) groups is 1. The van der Waals surface area contributed by atoms with Crippen molar-refractivity contribution in [1.29, 1.82) is 0 Å². The van der Waals surface area contributed by atoms with E-state index < -0.39 is 35.4 Å². The van der Waals surface area contributed by atoms with Crippen LogP contribution in [0, 0.1) is 6.92 Å². The molecule has 1 N–H and O–H groups in total. The van der Waals surface area contributed by atoms with Crippen molar-refractivity contribution >= 4 is 5.91 Å². The highest BCUT2D eigenvalue weighted by molar-refractivity contribution is 5.92. The van der Waals surface area contributed by atoms with Crippen molar-refractivity contribution in [3.05, 3.63) is 87.3 Å². The minimum absolute atomic E-state index is 0.00190. The first-order valence-electron chi connectivity index (χ1n) is 9.16. The summed E-state index contributed by atoms with van der Waals surface area (Å²) in [5.41, 5.74) is -1.80. The van der Waals surface area contributed by atoms with E-state index in [1.165, 1.54) is 37.3 Å². The van der Waals surface area contributed by atoms with Gasteiger partial charge in [0.1, 0.15) is 5.75 Å². The molecule has 3 rings (SSSR count). The molecule has 2 aromatic carbocycles.